The molecular weight excluding hydrogens is 152 g/mol. The lowest BCUT2D eigenvalue weighted by Crippen LogP contribution is -2.44. The van der Waals surface area contributed by atoms with Crippen molar-refractivity contribution in [3.8, 4) is 0 Å². The lowest BCUT2D eigenvalue weighted by atomic mass is 10.2. The van der Waals surface area contributed by atoms with Gasteiger partial charge in [-0.2, -0.15) is 0 Å². The average Bonchev–Trinajstić information content (AvgIpc) is 2.54. The predicted octanol–water partition coefficient (Wildman–Crippen LogP) is 0.0227. The lowest BCUT2D eigenvalue weighted by Gasteiger charge is -2.31. The van der Waals surface area contributed by atoms with Crippen molar-refractivity contribution in [3.63, 3.8) is 0 Å². The second-order valence-electron chi connectivity index (χ2n) is 3.85. The highest BCUT2D eigenvalue weighted by Crippen LogP contribution is 2.14. The van der Waals surface area contributed by atoms with Gasteiger partial charge < -0.3 is 9.64 Å². The standard InChI is InChI=1S/C9H18N2O/c1-10-3-2-9(8-10)11-4-6-12-7-5-11/h9H,2-8H2,1H3. The van der Waals surface area contributed by atoms with Crippen LogP contribution in [0.2, 0.25) is 0 Å². The van der Waals surface area contributed by atoms with Crippen LogP contribution in [0.25, 0.3) is 0 Å². The minimum absolute atomic E-state index is 0.805. The summed E-state index contributed by atoms with van der Waals surface area (Å²) in [6, 6.07) is 0.805. The first-order valence-electron chi connectivity index (χ1n) is 4.86. The first-order valence-corrected chi connectivity index (χ1v) is 4.86. The van der Waals surface area contributed by atoms with Crippen LogP contribution in [0, 0.1) is 0 Å². The molecule has 1 atom stereocenters. The summed E-state index contributed by atoms with van der Waals surface area (Å²) in [4.78, 5) is 4.99. The van der Waals surface area contributed by atoms with Crippen molar-refractivity contribution in [2.45, 2.75) is 12.5 Å². The molecular formula is C9H18N2O. The molecule has 0 amide bonds. The van der Waals surface area contributed by atoms with E-state index >= 15 is 0 Å². The van der Waals surface area contributed by atoms with Crippen LogP contribution in [0.3, 0.4) is 0 Å². The Balaban J connectivity index is 1.83. The van der Waals surface area contributed by atoms with Crippen LogP contribution in [-0.2, 0) is 4.74 Å². The molecule has 12 heavy (non-hydrogen) atoms. The van der Waals surface area contributed by atoms with Gasteiger partial charge in [-0.1, -0.05) is 0 Å². The summed E-state index contributed by atoms with van der Waals surface area (Å²) in [5.74, 6) is 0. The topological polar surface area (TPSA) is 15.7 Å². The van der Waals surface area contributed by atoms with Gasteiger partial charge in [-0.15, -0.1) is 0 Å². The van der Waals surface area contributed by atoms with Crippen molar-refractivity contribution in [1.82, 2.24) is 9.80 Å². The molecule has 0 aromatic carbocycles. The normalized spacial score (nSPS) is 34.2. The molecule has 0 radical (unpaired) electrons. The third-order valence-electron chi connectivity index (χ3n) is 2.93. The van der Waals surface area contributed by atoms with Crippen molar-refractivity contribution in [2.75, 3.05) is 46.4 Å². The molecule has 0 saturated carbocycles. The van der Waals surface area contributed by atoms with Gasteiger partial charge in [0, 0.05) is 25.7 Å². The van der Waals surface area contributed by atoms with Crippen LogP contribution >= 0.6 is 0 Å². The van der Waals surface area contributed by atoms with E-state index in [1.165, 1.54) is 19.5 Å². The number of nitrogens with zero attached hydrogens (tertiary/aromatic N) is 2. The molecule has 2 aliphatic heterocycles. The van der Waals surface area contributed by atoms with E-state index < -0.39 is 0 Å². The fourth-order valence-corrected chi connectivity index (χ4v) is 2.15. The van der Waals surface area contributed by atoms with Gasteiger partial charge in [0.25, 0.3) is 0 Å². The molecule has 3 nitrogen and oxygen atoms in total. The molecule has 3 heteroatoms. The van der Waals surface area contributed by atoms with Crippen molar-refractivity contribution in [1.29, 1.82) is 0 Å². The highest BCUT2D eigenvalue weighted by Gasteiger charge is 2.26. The summed E-state index contributed by atoms with van der Waals surface area (Å²) >= 11 is 0. The molecule has 0 spiro atoms. The Bertz CT molecular complexity index is 143. The second-order valence-corrected chi connectivity index (χ2v) is 3.85. The summed E-state index contributed by atoms with van der Waals surface area (Å²) in [7, 11) is 2.21. The molecule has 0 bridgehead atoms. The van der Waals surface area contributed by atoms with E-state index in [1.54, 1.807) is 0 Å². The van der Waals surface area contributed by atoms with Crippen LogP contribution in [0.5, 0.6) is 0 Å². The molecule has 0 aromatic rings. The largest absolute Gasteiger partial charge is 0.379 e. The molecule has 0 aromatic heterocycles. The number of rotatable bonds is 1. The first kappa shape index (κ1) is 8.48. The number of likely N-dealkylation sites (tertiary alicyclic amines) is 1. The summed E-state index contributed by atoms with van der Waals surface area (Å²) in [6.07, 6.45) is 1.34. The van der Waals surface area contributed by atoms with Gasteiger partial charge in [0.2, 0.25) is 0 Å². The zero-order chi connectivity index (χ0) is 8.39. The van der Waals surface area contributed by atoms with Crippen LogP contribution in [-0.4, -0.2) is 62.3 Å². The van der Waals surface area contributed by atoms with Crippen molar-refractivity contribution in [2.24, 2.45) is 0 Å². The van der Waals surface area contributed by atoms with Gasteiger partial charge in [0.05, 0.1) is 13.2 Å². The van der Waals surface area contributed by atoms with Gasteiger partial charge in [0.1, 0.15) is 0 Å². The highest BCUT2D eigenvalue weighted by atomic mass is 16.5. The first-order chi connectivity index (χ1) is 5.86. The minimum Gasteiger partial charge on any atom is -0.379 e. The monoisotopic (exact) mass is 170 g/mol. The minimum atomic E-state index is 0.805. The second kappa shape index (κ2) is 3.73. The molecule has 2 heterocycles. The summed E-state index contributed by atoms with van der Waals surface area (Å²) in [5.41, 5.74) is 0. The Hall–Kier alpha value is -0.120. The van der Waals surface area contributed by atoms with E-state index in [1.807, 2.05) is 0 Å². The number of likely N-dealkylation sites (N-methyl/N-ethyl adjacent to an activating group) is 1. The Labute approximate surface area is 74.3 Å². The van der Waals surface area contributed by atoms with Gasteiger partial charge in [-0.05, 0) is 20.0 Å². The van der Waals surface area contributed by atoms with Gasteiger partial charge in [-0.25, -0.2) is 0 Å². The van der Waals surface area contributed by atoms with Gasteiger partial charge in [0.15, 0.2) is 0 Å². The number of ether oxygens (including phenoxy) is 1. The molecule has 2 fully saturated rings. The van der Waals surface area contributed by atoms with Gasteiger partial charge in [-0.3, -0.25) is 4.90 Å². The van der Waals surface area contributed by atoms with Crippen molar-refractivity contribution >= 4 is 0 Å². The Morgan fingerprint density at radius 1 is 1.17 bits per heavy atom. The lowest BCUT2D eigenvalue weighted by molar-refractivity contribution is 0.0189. The molecule has 1 unspecified atom stereocenters. The third kappa shape index (κ3) is 1.79. The molecule has 2 aliphatic rings. The Morgan fingerprint density at radius 2 is 1.92 bits per heavy atom. The zero-order valence-corrected chi connectivity index (χ0v) is 7.83. The molecule has 0 N–H and O–H groups in total. The van der Waals surface area contributed by atoms with Crippen molar-refractivity contribution < 1.29 is 4.74 Å². The summed E-state index contributed by atoms with van der Waals surface area (Å²) < 4.78 is 5.33. The van der Waals surface area contributed by atoms with Crippen LogP contribution in [0.4, 0.5) is 0 Å². The maximum absolute atomic E-state index is 5.33. The Morgan fingerprint density at radius 3 is 2.50 bits per heavy atom. The van der Waals surface area contributed by atoms with Crippen molar-refractivity contribution in [3.05, 3.63) is 0 Å². The highest BCUT2D eigenvalue weighted by molar-refractivity contribution is 4.82. The third-order valence-corrected chi connectivity index (χ3v) is 2.93. The number of hydrogen-bond acceptors (Lipinski definition) is 3. The number of hydrogen-bond donors (Lipinski definition) is 0. The summed E-state index contributed by atoms with van der Waals surface area (Å²) in [5, 5.41) is 0. The smallest absolute Gasteiger partial charge is 0.0594 e. The van der Waals surface area contributed by atoms with E-state index in [9.17, 15) is 0 Å². The van der Waals surface area contributed by atoms with Gasteiger partial charge >= 0.3 is 0 Å². The molecule has 2 saturated heterocycles. The van der Waals surface area contributed by atoms with E-state index in [0.29, 0.717) is 0 Å². The predicted molar refractivity (Wildman–Crippen MR) is 48.3 cm³/mol. The SMILES string of the molecule is CN1CCC(N2CCOCC2)C1. The van der Waals surface area contributed by atoms with Crippen LogP contribution < -0.4 is 0 Å². The van der Waals surface area contributed by atoms with E-state index in [0.717, 1.165) is 32.3 Å². The van der Waals surface area contributed by atoms with Crippen LogP contribution in [0.15, 0.2) is 0 Å². The molecule has 0 aliphatic carbocycles. The molecule has 70 valence electrons. The Kier molecular flexibility index (Phi) is 2.63. The average molecular weight is 170 g/mol. The van der Waals surface area contributed by atoms with E-state index in [-0.39, 0.29) is 0 Å². The maximum atomic E-state index is 5.33. The fourth-order valence-electron chi connectivity index (χ4n) is 2.15. The summed E-state index contributed by atoms with van der Waals surface area (Å²) in [6.45, 7) is 6.65. The zero-order valence-electron chi connectivity index (χ0n) is 7.83. The quantitative estimate of drug-likeness (QED) is 0.552. The van der Waals surface area contributed by atoms with E-state index in [4.69, 9.17) is 4.74 Å². The van der Waals surface area contributed by atoms with E-state index in [2.05, 4.69) is 16.8 Å². The number of morpholine rings is 1. The molecule has 2 rings (SSSR count). The maximum Gasteiger partial charge on any atom is 0.0594 e. The van der Waals surface area contributed by atoms with Crippen LogP contribution in [0.1, 0.15) is 6.42 Å². The fraction of sp³-hybridized carbons (Fsp3) is 1.00.